The van der Waals surface area contributed by atoms with Gasteiger partial charge < -0.3 is 19.9 Å². The van der Waals surface area contributed by atoms with Crippen LogP contribution in [0.25, 0.3) is 0 Å². The molecule has 0 aliphatic heterocycles. The Bertz CT molecular complexity index is 521. The molecule has 1 aromatic rings. The third-order valence-corrected chi connectivity index (χ3v) is 3.37. The Morgan fingerprint density at radius 2 is 2.00 bits per heavy atom. The summed E-state index contributed by atoms with van der Waals surface area (Å²) in [6, 6.07) is 6.56. The number of benzene rings is 1. The Morgan fingerprint density at radius 1 is 1.30 bits per heavy atom. The van der Waals surface area contributed by atoms with Gasteiger partial charge in [0.2, 0.25) is 5.91 Å². The molecule has 0 radical (unpaired) electrons. The number of carboxylic acids is 1. The monoisotopic (exact) mass is 324 g/mol. The Kier molecular flexibility index (Phi) is 7.90. The van der Waals surface area contributed by atoms with Crippen molar-refractivity contribution in [2.75, 3.05) is 33.4 Å². The van der Waals surface area contributed by atoms with Gasteiger partial charge in [-0.2, -0.15) is 0 Å². The molecule has 0 fully saturated rings. The van der Waals surface area contributed by atoms with Crippen LogP contribution in [0.1, 0.15) is 13.8 Å². The predicted octanol–water partition coefficient (Wildman–Crippen LogP) is 0.985. The van der Waals surface area contributed by atoms with Gasteiger partial charge >= 0.3 is 5.97 Å². The van der Waals surface area contributed by atoms with Gasteiger partial charge in [0.15, 0.2) is 0 Å². The van der Waals surface area contributed by atoms with E-state index in [1.165, 1.54) is 6.92 Å². The Hall–Kier alpha value is -2.28. The predicted molar refractivity (Wildman–Crippen MR) is 85.8 cm³/mol. The number of nitrogens with zero attached hydrogens (tertiary/aromatic N) is 1. The fourth-order valence-electron chi connectivity index (χ4n) is 2.00. The second kappa shape index (κ2) is 9.68. The summed E-state index contributed by atoms with van der Waals surface area (Å²) < 4.78 is 10.8. The first-order valence-electron chi connectivity index (χ1n) is 7.42. The number of methoxy groups -OCH3 is 1. The number of hydrogen-bond donors (Lipinski definition) is 2. The third kappa shape index (κ3) is 7.01. The SMILES string of the molecule is COc1cccc(OCCN(CCNC(C)=O)C(C)C(=O)O)c1. The summed E-state index contributed by atoms with van der Waals surface area (Å²) in [6.07, 6.45) is 0. The summed E-state index contributed by atoms with van der Waals surface area (Å²) in [5, 5.41) is 11.8. The Morgan fingerprint density at radius 3 is 2.61 bits per heavy atom. The van der Waals surface area contributed by atoms with Crippen LogP contribution in [0.15, 0.2) is 24.3 Å². The highest BCUT2D eigenvalue weighted by atomic mass is 16.5. The zero-order valence-electron chi connectivity index (χ0n) is 13.7. The molecule has 0 spiro atoms. The van der Waals surface area contributed by atoms with Crippen LogP contribution in [0.2, 0.25) is 0 Å². The van der Waals surface area contributed by atoms with Crippen molar-refractivity contribution < 1.29 is 24.2 Å². The van der Waals surface area contributed by atoms with Gasteiger partial charge in [-0.3, -0.25) is 14.5 Å². The summed E-state index contributed by atoms with van der Waals surface area (Å²) in [4.78, 5) is 23.8. The van der Waals surface area contributed by atoms with Gasteiger partial charge in [0.05, 0.1) is 7.11 Å². The standard InChI is InChI=1S/C16H24N2O5/c1-12(16(20)21)18(8-7-17-13(2)19)9-10-23-15-6-4-5-14(11-15)22-3/h4-6,11-12H,7-10H2,1-3H3,(H,17,19)(H,20,21). The molecule has 1 amide bonds. The minimum Gasteiger partial charge on any atom is -0.497 e. The molecule has 7 nitrogen and oxygen atoms in total. The van der Waals surface area contributed by atoms with Crippen LogP contribution in [-0.4, -0.2) is 61.3 Å². The van der Waals surface area contributed by atoms with Gasteiger partial charge in [-0.25, -0.2) is 0 Å². The molecule has 1 atom stereocenters. The van der Waals surface area contributed by atoms with E-state index in [-0.39, 0.29) is 5.91 Å². The summed E-state index contributed by atoms with van der Waals surface area (Å²) in [5.41, 5.74) is 0. The van der Waals surface area contributed by atoms with E-state index in [0.29, 0.717) is 37.7 Å². The van der Waals surface area contributed by atoms with Gasteiger partial charge in [0, 0.05) is 32.6 Å². The van der Waals surface area contributed by atoms with Crippen LogP contribution in [0.5, 0.6) is 11.5 Å². The van der Waals surface area contributed by atoms with E-state index in [1.807, 2.05) is 18.2 Å². The van der Waals surface area contributed by atoms with Crippen molar-refractivity contribution in [2.45, 2.75) is 19.9 Å². The van der Waals surface area contributed by atoms with Crippen LogP contribution in [0.3, 0.4) is 0 Å². The lowest BCUT2D eigenvalue weighted by molar-refractivity contribution is -0.142. The third-order valence-electron chi connectivity index (χ3n) is 3.37. The second-order valence-electron chi connectivity index (χ2n) is 5.06. The maximum Gasteiger partial charge on any atom is 0.320 e. The molecular formula is C16H24N2O5. The van der Waals surface area contributed by atoms with Crippen molar-refractivity contribution in [3.05, 3.63) is 24.3 Å². The Balaban J connectivity index is 2.51. The fraction of sp³-hybridized carbons (Fsp3) is 0.500. The molecular weight excluding hydrogens is 300 g/mol. The molecule has 0 saturated heterocycles. The number of carboxylic acid groups (broad SMARTS) is 1. The molecule has 0 aromatic heterocycles. The summed E-state index contributed by atoms with van der Waals surface area (Å²) in [6.45, 7) is 4.65. The summed E-state index contributed by atoms with van der Waals surface area (Å²) in [5.74, 6) is 0.313. The topological polar surface area (TPSA) is 88.1 Å². The molecule has 1 rings (SSSR count). The molecule has 0 aliphatic carbocycles. The number of aliphatic carboxylic acids is 1. The molecule has 7 heteroatoms. The van der Waals surface area contributed by atoms with E-state index in [0.717, 1.165) is 0 Å². The smallest absolute Gasteiger partial charge is 0.320 e. The van der Waals surface area contributed by atoms with Crippen molar-refractivity contribution >= 4 is 11.9 Å². The maximum absolute atomic E-state index is 11.2. The van der Waals surface area contributed by atoms with E-state index in [1.54, 1.807) is 25.0 Å². The number of carbonyl (C=O) groups excluding carboxylic acids is 1. The second-order valence-corrected chi connectivity index (χ2v) is 5.06. The van der Waals surface area contributed by atoms with Crippen LogP contribution in [-0.2, 0) is 9.59 Å². The quantitative estimate of drug-likeness (QED) is 0.667. The normalized spacial score (nSPS) is 11.8. The van der Waals surface area contributed by atoms with Crippen molar-refractivity contribution in [1.29, 1.82) is 0 Å². The largest absolute Gasteiger partial charge is 0.497 e. The van der Waals surface area contributed by atoms with Crippen LogP contribution >= 0.6 is 0 Å². The van der Waals surface area contributed by atoms with Gasteiger partial charge in [-0.1, -0.05) is 6.07 Å². The molecule has 23 heavy (non-hydrogen) atoms. The van der Waals surface area contributed by atoms with Crippen LogP contribution < -0.4 is 14.8 Å². The van der Waals surface area contributed by atoms with E-state index in [9.17, 15) is 9.59 Å². The highest BCUT2D eigenvalue weighted by Gasteiger charge is 2.20. The summed E-state index contributed by atoms with van der Waals surface area (Å²) >= 11 is 0. The van der Waals surface area contributed by atoms with Crippen molar-refractivity contribution in [1.82, 2.24) is 10.2 Å². The molecule has 2 N–H and O–H groups in total. The molecule has 0 aliphatic rings. The van der Waals surface area contributed by atoms with Crippen LogP contribution in [0, 0.1) is 0 Å². The van der Waals surface area contributed by atoms with Gasteiger partial charge in [0.1, 0.15) is 24.1 Å². The lowest BCUT2D eigenvalue weighted by Gasteiger charge is -2.26. The average molecular weight is 324 g/mol. The average Bonchev–Trinajstić information content (AvgIpc) is 2.52. The molecule has 0 saturated carbocycles. The molecule has 1 unspecified atom stereocenters. The van der Waals surface area contributed by atoms with E-state index >= 15 is 0 Å². The number of rotatable bonds is 10. The highest BCUT2D eigenvalue weighted by molar-refractivity contribution is 5.73. The van der Waals surface area contributed by atoms with Crippen molar-refractivity contribution in [2.24, 2.45) is 0 Å². The lowest BCUT2D eigenvalue weighted by Crippen LogP contribution is -2.45. The van der Waals surface area contributed by atoms with Gasteiger partial charge in [0.25, 0.3) is 0 Å². The first-order valence-corrected chi connectivity index (χ1v) is 7.42. The van der Waals surface area contributed by atoms with Crippen LogP contribution in [0.4, 0.5) is 0 Å². The molecule has 1 aromatic carbocycles. The fourth-order valence-corrected chi connectivity index (χ4v) is 2.00. The summed E-state index contributed by atoms with van der Waals surface area (Å²) in [7, 11) is 1.58. The number of nitrogens with one attached hydrogen (secondary N) is 1. The first kappa shape index (κ1) is 18.8. The number of hydrogen-bond acceptors (Lipinski definition) is 5. The zero-order valence-corrected chi connectivity index (χ0v) is 13.7. The van der Waals surface area contributed by atoms with Crippen molar-refractivity contribution in [3.63, 3.8) is 0 Å². The van der Waals surface area contributed by atoms with Crippen molar-refractivity contribution in [3.8, 4) is 11.5 Å². The zero-order chi connectivity index (χ0) is 17.2. The van der Waals surface area contributed by atoms with Gasteiger partial charge in [-0.05, 0) is 19.1 Å². The van der Waals surface area contributed by atoms with Gasteiger partial charge in [-0.15, -0.1) is 0 Å². The number of amides is 1. The maximum atomic E-state index is 11.2. The number of ether oxygens (including phenoxy) is 2. The number of carbonyl (C=O) groups is 2. The van der Waals surface area contributed by atoms with E-state index < -0.39 is 12.0 Å². The minimum absolute atomic E-state index is 0.138. The van der Waals surface area contributed by atoms with E-state index in [4.69, 9.17) is 14.6 Å². The van der Waals surface area contributed by atoms with E-state index in [2.05, 4.69) is 5.32 Å². The Labute approximate surface area is 136 Å². The lowest BCUT2D eigenvalue weighted by atomic mass is 10.2. The highest BCUT2D eigenvalue weighted by Crippen LogP contribution is 2.18. The minimum atomic E-state index is -0.908. The molecule has 128 valence electrons. The first-order chi connectivity index (χ1) is 10.9. The molecule has 0 bridgehead atoms. The molecule has 0 heterocycles.